The predicted octanol–water partition coefficient (Wildman–Crippen LogP) is 2.68. The van der Waals surface area contributed by atoms with E-state index in [4.69, 9.17) is 0 Å². The molecule has 0 radical (unpaired) electrons. The van der Waals surface area contributed by atoms with Gasteiger partial charge in [-0.2, -0.15) is 8.78 Å². The van der Waals surface area contributed by atoms with E-state index in [2.05, 4.69) is 0 Å². The minimum atomic E-state index is -2.83. The zero-order chi connectivity index (χ0) is 11.5. The Hall–Kier alpha value is -0.670. The number of amides is 1. The Labute approximate surface area is 95.0 Å². The van der Waals surface area contributed by atoms with Crippen LogP contribution in [0, 0.1) is 11.8 Å². The normalized spacial score (nSPS) is 26.9. The number of carbonyl (C=O) groups excluding carboxylic acids is 1. The largest absolute Gasteiger partial charge is 0.337 e. The van der Waals surface area contributed by atoms with Gasteiger partial charge in [0.1, 0.15) is 0 Å². The lowest BCUT2D eigenvalue weighted by atomic mass is 9.93. The van der Waals surface area contributed by atoms with Crippen LogP contribution in [-0.2, 0) is 4.79 Å². The highest BCUT2D eigenvalue weighted by molar-refractivity contribution is 5.79. The molecule has 0 spiro atoms. The molecule has 2 rings (SSSR count). The van der Waals surface area contributed by atoms with Crippen LogP contribution in [0.3, 0.4) is 0 Å². The molecule has 2 nitrogen and oxygen atoms in total. The summed E-state index contributed by atoms with van der Waals surface area (Å²) < 4.78 is 24.4. The zero-order valence-corrected chi connectivity index (χ0v) is 9.50. The number of nitrogens with zero attached hydrogens (tertiary/aromatic N) is 1. The SMILES string of the molecule is O=C(C(F)F)N1CCC(CC2CCCC2)C1. The quantitative estimate of drug-likeness (QED) is 0.731. The van der Waals surface area contributed by atoms with E-state index >= 15 is 0 Å². The maximum atomic E-state index is 12.2. The van der Waals surface area contributed by atoms with Crippen LogP contribution >= 0.6 is 0 Å². The third-order valence-electron chi connectivity index (χ3n) is 3.93. The maximum Gasteiger partial charge on any atom is 0.315 e. The van der Waals surface area contributed by atoms with Crippen LogP contribution in [0.1, 0.15) is 38.5 Å². The minimum absolute atomic E-state index is 0.464. The Morgan fingerprint density at radius 2 is 1.88 bits per heavy atom. The van der Waals surface area contributed by atoms with Gasteiger partial charge in [-0.25, -0.2) is 0 Å². The lowest BCUT2D eigenvalue weighted by molar-refractivity contribution is -0.141. The molecule has 16 heavy (non-hydrogen) atoms. The molecule has 4 heteroatoms. The fourth-order valence-electron chi connectivity index (χ4n) is 3.08. The lowest BCUT2D eigenvalue weighted by Crippen LogP contribution is -2.33. The average molecular weight is 231 g/mol. The second-order valence-electron chi connectivity index (χ2n) is 5.13. The monoisotopic (exact) mass is 231 g/mol. The van der Waals surface area contributed by atoms with Gasteiger partial charge in [0.05, 0.1) is 0 Å². The van der Waals surface area contributed by atoms with Gasteiger partial charge in [-0.1, -0.05) is 25.7 Å². The van der Waals surface area contributed by atoms with E-state index in [-0.39, 0.29) is 0 Å². The van der Waals surface area contributed by atoms with Crippen LogP contribution in [0.4, 0.5) is 8.78 Å². The first kappa shape index (κ1) is 11.8. The molecule has 1 unspecified atom stereocenters. The van der Waals surface area contributed by atoms with Crippen LogP contribution in [0.5, 0.6) is 0 Å². The summed E-state index contributed by atoms with van der Waals surface area (Å²) in [7, 11) is 0. The third kappa shape index (κ3) is 2.71. The molecule has 0 aromatic rings. The van der Waals surface area contributed by atoms with E-state index in [1.54, 1.807) is 0 Å². The Kier molecular flexibility index (Phi) is 3.77. The van der Waals surface area contributed by atoms with E-state index in [0.717, 1.165) is 18.8 Å². The van der Waals surface area contributed by atoms with Crippen molar-refractivity contribution in [2.24, 2.45) is 11.8 Å². The predicted molar refractivity (Wildman–Crippen MR) is 57.3 cm³/mol. The van der Waals surface area contributed by atoms with Crippen LogP contribution in [0.25, 0.3) is 0 Å². The minimum Gasteiger partial charge on any atom is -0.337 e. The standard InChI is InChI=1S/C12H19F2NO/c13-11(14)12(16)15-6-5-10(8-15)7-9-3-1-2-4-9/h9-11H,1-8H2. The molecule has 0 aromatic carbocycles. The van der Waals surface area contributed by atoms with Gasteiger partial charge in [-0.3, -0.25) is 4.79 Å². The van der Waals surface area contributed by atoms with Crippen molar-refractivity contribution < 1.29 is 13.6 Å². The second-order valence-corrected chi connectivity index (χ2v) is 5.13. The van der Waals surface area contributed by atoms with Gasteiger partial charge >= 0.3 is 6.43 Å². The molecule has 92 valence electrons. The Morgan fingerprint density at radius 1 is 1.19 bits per heavy atom. The van der Waals surface area contributed by atoms with Crippen LogP contribution < -0.4 is 0 Å². The van der Waals surface area contributed by atoms with Crippen molar-refractivity contribution in [1.82, 2.24) is 4.90 Å². The molecular formula is C12H19F2NO. The first-order chi connectivity index (χ1) is 7.66. The van der Waals surface area contributed by atoms with E-state index in [1.807, 2.05) is 0 Å². The molecule has 2 aliphatic rings. The zero-order valence-electron chi connectivity index (χ0n) is 9.50. The van der Waals surface area contributed by atoms with Crippen molar-refractivity contribution in [1.29, 1.82) is 0 Å². The highest BCUT2D eigenvalue weighted by Gasteiger charge is 2.32. The second kappa shape index (κ2) is 5.11. The average Bonchev–Trinajstić information content (AvgIpc) is 2.88. The van der Waals surface area contributed by atoms with Gasteiger partial charge < -0.3 is 4.90 Å². The molecule has 1 aliphatic heterocycles. The van der Waals surface area contributed by atoms with Crippen molar-refractivity contribution in [3.8, 4) is 0 Å². The van der Waals surface area contributed by atoms with E-state index in [0.29, 0.717) is 19.0 Å². The van der Waals surface area contributed by atoms with E-state index < -0.39 is 12.3 Å². The van der Waals surface area contributed by atoms with Crippen molar-refractivity contribution >= 4 is 5.91 Å². The maximum absolute atomic E-state index is 12.2. The molecule has 1 saturated heterocycles. The molecule has 1 heterocycles. The number of likely N-dealkylation sites (tertiary alicyclic amines) is 1. The fraction of sp³-hybridized carbons (Fsp3) is 0.917. The topological polar surface area (TPSA) is 20.3 Å². The van der Waals surface area contributed by atoms with E-state index in [9.17, 15) is 13.6 Å². The number of hydrogen-bond donors (Lipinski definition) is 0. The van der Waals surface area contributed by atoms with Gasteiger partial charge in [0, 0.05) is 13.1 Å². The number of carbonyl (C=O) groups is 1. The molecular weight excluding hydrogens is 212 g/mol. The number of halogens is 2. The summed E-state index contributed by atoms with van der Waals surface area (Å²) in [6.45, 7) is 1.08. The summed E-state index contributed by atoms with van der Waals surface area (Å²) in [6, 6.07) is 0. The Bertz CT molecular complexity index is 251. The van der Waals surface area contributed by atoms with Gasteiger partial charge in [0.15, 0.2) is 0 Å². The summed E-state index contributed by atoms with van der Waals surface area (Å²) in [5, 5.41) is 0. The van der Waals surface area contributed by atoms with E-state index in [1.165, 1.54) is 30.6 Å². The molecule has 1 aliphatic carbocycles. The molecule has 1 saturated carbocycles. The molecule has 2 fully saturated rings. The Morgan fingerprint density at radius 3 is 2.50 bits per heavy atom. The van der Waals surface area contributed by atoms with Gasteiger partial charge in [0.2, 0.25) is 0 Å². The van der Waals surface area contributed by atoms with Gasteiger partial charge in [-0.15, -0.1) is 0 Å². The number of rotatable bonds is 3. The molecule has 0 bridgehead atoms. The van der Waals surface area contributed by atoms with Crippen molar-refractivity contribution in [2.45, 2.75) is 45.0 Å². The van der Waals surface area contributed by atoms with Crippen LogP contribution in [0.15, 0.2) is 0 Å². The van der Waals surface area contributed by atoms with Gasteiger partial charge in [-0.05, 0) is 24.7 Å². The Balaban J connectivity index is 1.76. The fourth-order valence-corrected chi connectivity index (χ4v) is 3.08. The third-order valence-corrected chi connectivity index (χ3v) is 3.93. The molecule has 0 aromatic heterocycles. The van der Waals surface area contributed by atoms with Crippen molar-refractivity contribution in [3.63, 3.8) is 0 Å². The summed E-state index contributed by atoms with van der Waals surface area (Å²) in [5.41, 5.74) is 0. The summed E-state index contributed by atoms with van der Waals surface area (Å²) in [6.07, 6.45) is 4.43. The summed E-state index contributed by atoms with van der Waals surface area (Å²) >= 11 is 0. The number of hydrogen-bond acceptors (Lipinski definition) is 1. The first-order valence-corrected chi connectivity index (χ1v) is 6.23. The number of alkyl halides is 2. The van der Waals surface area contributed by atoms with Gasteiger partial charge in [0.25, 0.3) is 5.91 Å². The lowest BCUT2D eigenvalue weighted by Gasteiger charge is -2.17. The highest BCUT2D eigenvalue weighted by atomic mass is 19.3. The van der Waals surface area contributed by atoms with Crippen molar-refractivity contribution in [3.05, 3.63) is 0 Å². The van der Waals surface area contributed by atoms with Crippen LogP contribution in [-0.4, -0.2) is 30.3 Å². The highest BCUT2D eigenvalue weighted by Crippen LogP contribution is 2.33. The van der Waals surface area contributed by atoms with Crippen molar-refractivity contribution in [2.75, 3.05) is 13.1 Å². The first-order valence-electron chi connectivity index (χ1n) is 6.23. The molecule has 1 amide bonds. The summed E-state index contributed by atoms with van der Waals surface area (Å²) in [4.78, 5) is 12.4. The molecule has 0 N–H and O–H groups in total. The smallest absolute Gasteiger partial charge is 0.315 e. The summed E-state index contributed by atoms with van der Waals surface area (Å²) in [5.74, 6) is 0.270. The van der Waals surface area contributed by atoms with Crippen LogP contribution in [0.2, 0.25) is 0 Å². The molecule has 1 atom stereocenters.